The van der Waals surface area contributed by atoms with Crippen LogP contribution < -0.4 is 10.1 Å². The van der Waals surface area contributed by atoms with Crippen molar-refractivity contribution in [1.29, 1.82) is 0 Å². The van der Waals surface area contributed by atoms with Gasteiger partial charge in [0.25, 0.3) is 5.91 Å². The number of pyridine rings is 1. The van der Waals surface area contributed by atoms with Gasteiger partial charge in [0.1, 0.15) is 11.5 Å². The number of benzene rings is 2. The first-order valence-corrected chi connectivity index (χ1v) is 9.18. The fraction of sp³-hybridized carbons (Fsp3) is 0.0476. The van der Waals surface area contributed by atoms with E-state index in [1.807, 2.05) is 36.4 Å². The molecule has 134 valence electrons. The van der Waals surface area contributed by atoms with Crippen LogP contribution in [-0.4, -0.2) is 16.0 Å². The van der Waals surface area contributed by atoms with Gasteiger partial charge >= 0.3 is 0 Å². The lowest BCUT2D eigenvalue weighted by Gasteiger charge is -2.05. The van der Waals surface area contributed by atoms with Crippen LogP contribution in [0.5, 0.6) is 16.6 Å². The van der Waals surface area contributed by atoms with Crippen molar-refractivity contribution in [2.45, 2.75) is 6.54 Å². The summed E-state index contributed by atoms with van der Waals surface area (Å²) in [6.07, 6.45) is 1.73. The van der Waals surface area contributed by atoms with Crippen LogP contribution in [0.25, 0.3) is 10.9 Å². The van der Waals surface area contributed by atoms with Gasteiger partial charge in [0.2, 0.25) is 0 Å². The van der Waals surface area contributed by atoms with E-state index in [2.05, 4.69) is 10.3 Å². The van der Waals surface area contributed by atoms with E-state index in [4.69, 9.17) is 4.74 Å². The normalized spacial score (nSPS) is 10.7. The minimum atomic E-state index is -0.135. The summed E-state index contributed by atoms with van der Waals surface area (Å²) in [6.45, 7) is 0.415. The fourth-order valence-corrected chi connectivity index (χ4v) is 3.47. The average molecular weight is 376 g/mol. The number of hydrogen-bond donors (Lipinski definition) is 2. The van der Waals surface area contributed by atoms with Gasteiger partial charge in [-0.15, -0.1) is 11.3 Å². The van der Waals surface area contributed by atoms with Crippen molar-refractivity contribution in [1.82, 2.24) is 10.3 Å². The van der Waals surface area contributed by atoms with E-state index in [0.717, 1.165) is 15.8 Å². The third-order valence-corrected chi connectivity index (χ3v) is 4.92. The second kappa shape index (κ2) is 7.47. The minimum Gasteiger partial charge on any atom is -0.508 e. The molecule has 2 aromatic heterocycles. The van der Waals surface area contributed by atoms with Crippen LogP contribution in [0.3, 0.4) is 0 Å². The zero-order valence-electron chi connectivity index (χ0n) is 14.3. The number of nitrogens with zero attached hydrogens (tertiary/aromatic N) is 1. The van der Waals surface area contributed by atoms with Crippen LogP contribution in [-0.2, 0) is 6.54 Å². The minimum absolute atomic E-state index is 0.135. The molecule has 6 heteroatoms. The van der Waals surface area contributed by atoms with E-state index in [1.165, 1.54) is 11.3 Å². The van der Waals surface area contributed by atoms with E-state index < -0.39 is 0 Å². The Bertz CT molecular complexity index is 1110. The second-order valence-electron chi connectivity index (χ2n) is 5.91. The highest BCUT2D eigenvalue weighted by atomic mass is 32.1. The number of carbonyl (C=O) groups is 1. The molecule has 2 N–H and O–H groups in total. The van der Waals surface area contributed by atoms with Crippen LogP contribution in [0.15, 0.2) is 72.9 Å². The summed E-state index contributed by atoms with van der Waals surface area (Å²) < 4.78 is 5.72. The van der Waals surface area contributed by atoms with E-state index in [1.54, 1.807) is 36.5 Å². The Morgan fingerprint density at radius 3 is 2.89 bits per heavy atom. The second-order valence-corrected chi connectivity index (χ2v) is 7.04. The average Bonchev–Trinajstić information content (AvgIpc) is 3.13. The van der Waals surface area contributed by atoms with Crippen molar-refractivity contribution in [3.8, 4) is 16.6 Å². The zero-order valence-corrected chi connectivity index (χ0v) is 15.1. The van der Waals surface area contributed by atoms with Gasteiger partial charge in [0.15, 0.2) is 5.06 Å². The van der Waals surface area contributed by atoms with Crippen LogP contribution >= 0.6 is 11.3 Å². The van der Waals surface area contributed by atoms with Crippen molar-refractivity contribution in [3.63, 3.8) is 0 Å². The smallest absolute Gasteiger partial charge is 0.251 e. The molecule has 0 saturated heterocycles. The lowest BCUT2D eigenvalue weighted by atomic mass is 10.1. The molecule has 0 atom stereocenters. The van der Waals surface area contributed by atoms with Gasteiger partial charge in [-0.05, 0) is 48.5 Å². The monoisotopic (exact) mass is 376 g/mol. The molecule has 4 rings (SSSR count). The van der Waals surface area contributed by atoms with Gasteiger partial charge in [-0.1, -0.05) is 12.1 Å². The van der Waals surface area contributed by atoms with Crippen molar-refractivity contribution < 1.29 is 14.6 Å². The summed E-state index contributed by atoms with van der Waals surface area (Å²) in [4.78, 5) is 17.6. The van der Waals surface area contributed by atoms with Crippen molar-refractivity contribution >= 4 is 28.1 Å². The number of ether oxygens (including phenoxy) is 1. The van der Waals surface area contributed by atoms with Crippen LogP contribution in [0, 0.1) is 0 Å². The number of hydrogen-bond acceptors (Lipinski definition) is 5. The molecule has 2 heterocycles. The summed E-state index contributed by atoms with van der Waals surface area (Å²) in [5, 5.41) is 14.0. The number of carbonyl (C=O) groups excluding carboxylic acids is 1. The Morgan fingerprint density at radius 1 is 1.07 bits per heavy atom. The molecule has 0 aliphatic heterocycles. The van der Waals surface area contributed by atoms with Crippen molar-refractivity contribution in [2.75, 3.05) is 0 Å². The molecule has 0 unspecified atom stereocenters. The lowest BCUT2D eigenvalue weighted by molar-refractivity contribution is 0.0951. The first kappa shape index (κ1) is 17.1. The third kappa shape index (κ3) is 4.07. The van der Waals surface area contributed by atoms with Crippen LogP contribution in [0.2, 0.25) is 0 Å². The number of aromatic nitrogens is 1. The molecule has 0 bridgehead atoms. The molecule has 0 aliphatic carbocycles. The summed E-state index contributed by atoms with van der Waals surface area (Å²) >= 11 is 1.44. The Kier molecular flexibility index (Phi) is 4.72. The van der Waals surface area contributed by atoms with Crippen molar-refractivity contribution in [2.24, 2.45) is 0 Å². The Labute approximate surface area is 159 Å². The molecule has 0 saturated carbocycles. The largest absolute Gasteiger partial charge is 0.508 e. The highest BCUT2D eigenvalue weighted by Gasteiger charge is 2.08. The maximum Gasteiger partial charge on any atom is 0.251 e. The summed E-state index contributed by atoms with van der Waals surface area (Å²) in [6, 6.07) is 19.6. The molecule has 27 heavy (non-hydrogen) atoms. The Balaban J connectivity index is 1.39. The summed E-state index contributed by atoms with van der Waals surface area (Å²) in [5.74, 6) is 0.587. The molecule has 4 aromatic rings. The maximum absolute atomic E-state index is 12.4. The topological polar surface area (TPSA) is 71.5 Å². The summed E-state index contributed by atoms with van der Waals surface area (Å²) in [5.41, 5.74) is 1.46. The number of aromatic hydroxyl groups is 1. The molecule has 0 radical (unpaired) electrons. The maximum atomic E-state index is 12.4. The fourth-order valence-electron chi connectivity index (χ4n) is 2.66. The van der Waals surface area contributed by atoms with E-state index in [-0.39, 0.29) is 11.7 Å². The van der Waals surface area contributed by atoms with Gasteiger partial charge in [0, 0.05) is 28.1 Å². The van der Waals surface area contributed by atoms with E-state index >= 15 is 0 Å². The number of phenols is 1. The first-order chi connectivity index (χ1) is 13.2. The van der Waals surface area contributed by atoms with Gasteiger partial charge in [-0.2, -0.15) is 0 Å². The van der Waals surface area contributed by atoms with Gasteiger partial charge in [0.05, 0.1) is 12.1 Å². The molecule has 2 aromatic carbocycles. The molecule has 0 fully saturated rings. The molecule has 1 amide bonds. The van der Waals surface area contributed by atoms with E-state index in [9.17, 15) is 9.90 Å². The lowest BCUT2D eigenvalue weighted by Crippen LogP contribution is -2.22. The predicted molar refractivity (Wildman–Crippen MR) is 105 cm³/mol. The van der Waals surface area contributed by atoms with Gasteiger partial charge in [-0.25, -0.2) is 0 Å². The molecular formula is C21H16N2O3S. The standard InChI is InChI=1S/C21H16N2O3S/c24-16-4-1-5-17(12-16)26-20-9-7-18(27-20)13-23-21(25)15-6-8-19-14(11-15)3-2-10-22-19/h1-12,24H,13H2,(H,23,25). The third-order valence-electron chi connectivity index (χ3n) is 3.96. The SMILES string of the molecule is O=C(NCc1ccc(Oc2cccc(O)c2)s1)c1ccc2ncccc2c1. The highest BCUT2D eigenvalue weighted by Crippen LogP contribution is 2.30. The zero-order chi connectivity index (χ0) is 18.6. The Hall–Kier alpha value is -3.38. The number of fused-ring (bicyclic) bond motifs is 1. The number of nitrogens with one attached hydrogen (secondary N) is 1. The van der Waals surface area contributed by atoms with Gasteiger partial charge < -0.3 is 15.2 Å². The van der Waals surface area contributed by atoms with Crippen molar-refractivity contribution in [3.05, 3.63) is 83.4 Å². The van der Waals surface area contributed by atoms with Crippen LogP contribution in [0.4, 0.5) is 0 Å². The summed E-state index contributed by atoms with van der Waals surface area (Å²) in [7, 11) is 0. The number of rotatable bonds is 5. The molecular weight excluding hydrogens is 360 g/mol. The van der Waals surface area contributed by atoms with Crippen LogP contribution in [0.1, 0.15) is 15.2 Å². The molecule has 0 spiro atoms. The quantitative estimate of drug-likeness (QED) is 0.528. The Morgan fingerprint density at radius 2 is 2.00 bits per heavy atom. The number of phenolic OH excluding ortho intramolecular Hbond substituents is 1. The molecule has 0 aliphatic rings. The molecule has 5 nitrogen and oxygen atoms in total. The van der Waals surface area contributed by atoms with Gasteiger partial charge in [-0.3, -0.25) is 9.78 Å². The number of amides is 1. The predicted octanol–water partition coefficient (Wildman–Crippen LogP) is 4.72. The first-order valence-electron chi connectivity index (χ1n) is 8.36. The van der Waals surface area contributed by atoms with E-state index in [0.29, 0.717) is 22.9 Å². The highest BCUT2D eigenvalue weighted by molar-refractivity contribution is 7.13. The number of thiophene rings is 1.